The third-order valence-electron chi connectivity index (χ3n) is 7.15. The maximum atomic E-state index is 13.5. The van der Waals surface area contributed by atoms with Crippen LogP contribution in [-0.4, -0.2) is 94.1 Å². The number of esters is 1. The minimum Gasteiger partial charge on any atom is -0.492 e. The first kappa shape index (κ1) is 30.2. The van der Waals surface area contributed by atoms with Crippen LogP contribution in [0.5, 0.6) is 11.5 Å². The van der Waals surface area contributed by atoms with Crippen molar-refractivity contribution in [3.8, 4) is 11.5 Å². The van der Waals surface area contributed by atoms with Gasteiger partial charge in [-0.1, -0.05) is 25.2 Å². The normalized spacial score (nSPS) is 29.0. The van der Waals surface area contributed by atoms with Gasteiger partial charge < -0.3 is 33.2 Å². The van der Waals surface area contributed by atoms with E-state index in [1.54, 1.807) is 45.1 Å². The molecule has 1 aromatic rings. The molecule has 2 saturated heterocycles. The fourth-order valence-corrected chi connectivity index (χ4v) is 4.81. The molecule has 3 aliphatic rings. The molecule has 4 rings (SSSR count). The molecule has 4 atom stereocenters. The number of ether oxygens (including phenoxy) is 7. The summed E-state index contributed by atoms with van der Waals surface area (Å²) in [5, 5.41) is 0. The molecular formula is C30H41NO9. The van der Waals surface area contributed by atoms with Gasteiger partial charge in [-0.3, -0.25) is 9.69 Å². The highest BCUT2D eigenvalue weighted by Gasteiger charge is 2.43. The van der Waals surface area contributed by atoms with Crippen molar-refractivity contribution in [2.24, 2.45) is 5.92 Å². The van der Waals surface area contributed by atoms with Crippen molar-refractivity contribution < 1.29 is 42.7 Å². The maximum Gasteiger partial charge on any atom is 0.342 e. The summed E-state index contributed by atoms with van der Waals surface area (Å²) in [5.74, 6) is -0.990. The second-order valence-corrected chi connectivity index (χ2v) is 10.7. The molecule has 2 fully saturated rings. The fourth-order valence-electron chi connectivity index (χ4n) is 4.81. The molecule has 0 radical (unpaired) electrons. The molecule has 40 heavy (non-hydrogen) atoms. The Balaban J connectivity index is 1.66. The van der Waals surface area contributed by atoms with Gasteiger partial charge in [0, 0.05) is 38.7 Å². The van der Waals surface area contributed by atoms with Crippen LogP contribution in [-0.2, 0) is 28.5 Å². The Morgan fingerprint density at radius 1 is 1.05 bits per heavy atom. The van der Waals surface area contributed by atoms with Crippen LogP contribution in [0.15, 0.2) is 30.4 Å². The minimum absolute atomic E-state index is 0.0541. The Morgan fingerprint density at radius 3 is 2.58 bits per heavy atom. The van der Waals surface area contributed by atoms with Crippen LogP contribution in [0.1, 0.15) is 50.0 Å². The zero-order valence-corrected chi connectivity index (χ0v) is 24.1. The highest BCUT2D eigenvalue weighted by atomic mass is 16.8. The smallest absolute Gasteiger partial charge is 0.342 e. The van der Waals surface area contributed by atoms with E-state index in [0.29, 0.717) is 43.3 Å². The summed E-state index contributed by atoms with van der Waals surface area (Å²) in [5.41, 5.74) is 0.832. The summed E-state index contributed by atoms with van der Waals surface area (Å²) in [4.78, 5) is 28.8. The van der Waals surface area contributed by atoms with Crippen LogP contribution >= 0.6 is 0 Å². The highest BCUT2D eigenvalue weighted by molar-refractivity contribution is 5.97. The van der Waals surface area contributed by atoms with Gasteiger partial charge in [0.05, 0.1) is 19.3 Å². The first-order valence-electron chi connectivity index (χ1n) is 13.8. The molecule has 10 nitrogen and oxygen atoms in total. The highest BCUT2D eigenvalue weighted by Crippen LogP contribution is 2.34. The predicted molar refractivity (Wildman–Crippen MR) is 147 cm³/mol. The number of hydrogen-bond donors (Lipinski definition) is 0. The van der Waals surface area contributed by atoms with Gasteiger partial charge in [-0.2, -0.15) is 0 Å². The van der Waals surface area contributed by atoms with E-state index in [1.807, 2.05) is 13.0 Å². The zero-order valence-electron chi connectivity index (χ0n) is 24.1. The van der Waals surface area contributed by atoms with E-state index < -0.39 is 30.1 Å². The molecule has 0 spiro atoms. The number of fused-ring (bicyclic) bond motifs is 2. The second-order valence-electron chi connectivity index (χ2n) is 10.7. The Hall–Kier alpha value is -2.76. The number of methoxy groups -OCH3 is 1. The van der Waals surface area contributed by atoms with E-state index in [9.17, 15) is 9.59 Å². The molecule has 1 aromatic carbocycles. The Morgan fingerprint density at radius 2 is 1.82 bits per heavy atom. The molecule has 3 aliphatic heterocycles. The van der Waals surface area contributed by atoms with E-state index in [-0.39, 0.29) is 24.1 Å². The number of rotatable bonds is 7. The monoisotopic (exact) mass is 559 g/mol. The molecule has 0 N–H and O–H groups in total. The van der Waals surface area contributed by atoms with Crippen molar-refractivity contribution in [3.05, 3.63) is 41.5 Å². The first-order chi connectivity index (χ1) is 19.2. The van der Waals surface area contributed by atoms with E-state index >= 15 is 0 Å². The number of ketones is 1. The number of carbonyl (C=O) groups excluding carboxylic acids is 2. The van der Waals surface area contributed by atoms with Crippen LogP contribution in [0, 0.1) is 5.92 Å². The zero-order chi connectivity index (χ0) is 28.7. The molecule has 3 heterocycles. The van der Waals surface area contributed by atoms with E-state index in [1.165, 1.54) is 13.2 Å². The summed E-state index contributed by atoms with van der Waals surface area (Å²) < 4.78 is 40.3. The van der Waals surface area contributed by atoms with Gasteiger partial charge >= 0.3 is 5.97 Å². The molecular weight excluding hydrogens is 518 g/mol. The molecule has 220 valence electrons. The van der Waals surface area contributed by atoms with Crippen molar-refractivity contribution in [1.29, 1.82) is 0 Å². The quantitative estimate of drug-likeness (QED) is 0.364. The summed E-state index contributed by atoms with van der Waals surface area (Å²) in [6.07, 6.45) is 5.56. The van der Waals surface area contributed by atoms with Crippen molar-refractivity contribution in [2.45, 2.75) is 58.2 Å². The van der Waals surface area contributed by atoms with Crippen LogP contribution in [0.4, 0.5) is 0 Å². The molecule has 0 aromatic heterocycles. The minimum atomic E-state index is -0.890. The lowest BCUT2D eigenvalue weighted by atomic mass is 9.99. The van der Waals surface area contributed by atoms with Crippen molar-refractivity contribution >= 4 is 17.8 Å². The molecule has 0 bridgehead atoms. The maximum absolute atomic E-state index is 13.5. The number of carbonyl (C=O) groups is 2. The van der Waals surface area contributed by atoms with Crippen LogP contribution in [0.2, 0.25) is 0 Å². The Kier molecular flexibility index (Phi) is 10.4. The van der Waals surface area contributed by atoms with Crippen LogP contribution < -0.4 is 9.47 Å². The number of benzene rings is 1. The summed E-state index contributed by atoms with van der Waals surface area (Å²) >= 11 is 0. The number of cyclic esters (lactones) is 1. The van der Waals surface area contributed by atoms with Gasteiger partial charge in [-0.05, 0) is 44.9 Å². The van der Waals surface area contributed by atoms with Gasteiger partial charge in [0.1, 0.15) is 35.9 Å². The first-order valence-corrected chi connectivity index (χ1v) is 13.8. The van der Waals surface area contributed by atoms with Crippen LogP contribution in [0.25, 0.3) is 6.08 Å². The fraction of sp³-hybridized carbons (Fsp3) is 0.600. The summed E-state index contributed by atoms with van der Waals surface area (Å²) in [7, 11) is 1.51. The average molecular weight is 560 g/mol. The van der Waals surface area contributed by atoms with Crippen LogP contribution in [0.3, 0.4) is 0 Å². The third kappa shape index (κ3) is 7.92. The van der Waals surface area contributed by atoms with Gasteiger partial charge in [0.2, 0.25) is 0 Å². The lowest BCUT2D eigenvalue weighted by Crippen LogP contribution is -2.38. The molecule has 0 aliphatic carbocycles. The van der Waals surface area contributed by atoms with Gasteiger partial charge in [-0.15, -0.1) is 0 Å². The summed E-state index contributed by atoms with van der Waals surface area (Å²) in [6.45, 7) is 11.6. The molecule has 0 amide bonds. The Bertz CT molecular complexity index is 1090. The molecule has 10 heteroatoms. The second kappa shape index (κ2) is 13.7. The number of nitrogens with zero attached hydrogens (tertiary/aromatic N) is 1. The van der Waals surface area contributed by atoms with Gasteiger partial charge in [-0.25, -0.2) is 4.79 Å². The lowest BCUT2D eigenvalue weighted by molar-refractivity contribution is -0.152. The topological polar surface area (TPSA) is 102 Å². The molecule has 3 unspecified atom stereocenters. The van der Waals surface area contributed by atoms with Gasteiger partial charge in [0.15, 0.2) is 18.4 Å². The predicted octanol–water partition coefficient (Wildman–Crippen LogP) is 3.62. The summed E-state index contributed by atoms with van der Waals surface area (Å²) in [6, 6.07) is 3.49. The van der Waals surface area contributed by atoms with Crippen molar-refractivity contribution in [1.82, 2.24) is 4.90 Å². The largest absolute Gasteiger partial charge is 0.492 e. The van der Waals surface area contributed by atoms with E-state index in [2.05, 4.69) is 4.90 Å². The van der Waals surface area contributed by atoms with E-state index in [4.69, 9.17) is 33.2 Å². The number of morpholine rings is 1. The van der Waals surface area contributed by atoms with Crippen molar-refractivity contribution in [3.63, 3.8) is 0 Å². The Labute approximate surface area is 236 Å². The SMILES string of the molecule is COCOc1cc(OCCN2CCOCC2)cc2c1C(=O)OC(C)[C@H](C)/C=C\C(=O)C1OC(C)(C)OC1C/C=C/2. The van der Waals surface area contributed by atoms with E-state index in [0.717, 1.165) is 19.6 Å². The third-order valence-corrected chi connectivity index (χ3v) is 7.15. The average Bonchev–Trinajstić information content (AvgIpc) is 3.24. The van der Waals surface area contributed by atoms with Crippen molar-refractivity contribution in [2.75, 3.05) is 53.4 Å². The van der Waals surface area contributed by atoms with Gasteiger partial charge in [0.25, 0.3) is 0 Å². The lowest BCUT2D eigenvalue weighted by Gasteiger charge is -2.26. The number of hydrogen-bond acceptors (Lipinski definition) is 10. The molecule has 0 saturated carbocycles. The standard InChI is InChI=1S/C30H41NO9/c1-20-9-10-24(32)28-25(39-30(3,4)40-28)8-6-7-22-17-23(36-16-13-31-11-14-35-15-12-31)18-26(37-19-34-5)27(22)29(33)38-21(20)2/h6-7,9-10,17-18,20-21,25,28H,8,11-16,19H2,1-5H3/b7-6+,10-9-/t20-,21?,25?,28?/m1/s1.